The molecule has 0 heterocycles. The Kier molecular flexibility index (Phi) is 5.62. The van der Waals surface area contributed by atoms with Crippen LogP contribution in [0.1, 0.15) is 10.4 Å². The molecule has 2 aromatic carbocycles. The van der Waals surface area contributed by atoms with Crippen LogP contribution < -0.4 is 20.1 Å². The van der Waals surface area contributed by atoms with Gasteiger partial charge in [0.15, 0.2) is 0 Å². The zero-order valence-electron chi connectivity index (χ0n) is 13.6. The Balaban J connectivity index is 2.20. The molecule has 126 valence electrons. The third-order valence-electron chi connectivity index (χ3n) is 3.22. The van der Waals surface area contributed by atoms with Crippen molar-refractivity contribution in [2.24, 2.45) is 0 Å². The highest BCUT2D eigenvalue weighted by Crippen LogP contribution is 2.27. The van der Waals surface area contributed by atoms with Gasteiger partial charge in [0.05, 0.1) is 38.3 Å². The Morgan fingerprint density at radius 2 is 1.46 bits per heavy atom. The molecule has 7 nitrogen and oxygen atoms in total. The largest absolute Gasteiger partial charge is 0.495 e. The number of nitrogens with one attached hydrogen (secondary N) is 2. The van der Waals surface area contributed by atoms with Gasteiger partial charge in [0, 0.05) is 0 Å². The maximum Gasteiger partial charge on any atom is 0.337 e. The lowest BCUT2D eigenvalue weighted by molar-refractivity contribution is 0.0600. The van der Waals surface area contributed by atoms with Gasteiger partial charge < -0.3 is 24.8 Å². The molecule has 0 atom stereocenters. The van der Waals surface area contributed by atoms with Gasteiger partial charge in [-0.15, -0.1) is 0 Å². The minimum Gasteiger partial charge on any atom is -0.495 e. The van der Waals surface area contributed by atoms with Gasteiger partial charge in [-0.05, 0) is 30.3 Å². The number of carbonyl (C=O) groups is 2. The second-order valence-corrected chi connectivity index (χ2v) is 4.69. The van der Waals surface area contributed by atoms with Crippen molar-refractivity contribution in [3.63, 3.8) is 0 Å². The van der Waals surface area contributed by atoms with Crippen molar-refractivity contribution in [1.82, 2.24) is 0 Å². The average Bonchev–Trinajstić information content (AvgIpc) is 2.61. The number of carbonyl (C=O) groups excluding carboxylic acids is 2. The molecule has 0 aliphatic carbocycles. The van der Waals surface area contributed by atoms with E-state index < -0.39 is 12.0 Å². The Labute approximate surface area is 139 Å². The number of benzene rings is 2. The lowest BCUT2D eigenvalue weighted by atomic mass is 10.2. The van der Waals surface area contributed by atoms with Crippen LogP contribution in [-0.4, -0.2) is 33.3 Å². The molecule has 0 aromatic heterocycles. The monoisotopic (exact) mass is 330 g/mol. The third-order valence-corrected chi connectivity index (χ3v) is 3.22. The summed E-state index contributed by atoms with van der Waals surface area (Å²) in [7, 11) is 4.27. The first-order valence-electron chi connectivity index (χ1n) is 7.06. The number of para-hydroxylation sites is 2. The molecule has 0 aliphatic rings. The van der Waals surface area contributed by atoms with Crippen molar-refractivity contribution in [3.8, 4) is 11.5 Å². The SMILES string of the molecule is COC(=O)c1ccc(OC)c(NC(=O)Nc2ccccc2OC)c1. The fourth-order valence-electron chi connectivity index (χ4n) is 2.07. The molecule has 7 heteroatoms. The van der Waals surface area contributed by atoms with Gasteiger partial charge in [-0.3, -0.25) is 0 Å². The molecule has 0 unspecified atom stereocenters. The number of hydrogen-bond donors (Lipinski definition) is 2. The average molecular weight is 330 g/mol. The van der Waals surface area contributed by atoms with E-state index in [1.807, 2.05) is 0 Å². The van der Waals surface area contributed by atoms with Crippen LogP contribution in [0.3, 0.4) is 0 Å². The number of esters is 1. The number of amides is 2. The Morgan fingerprint density at radius 1 is 0.833 bits per heavy atom. The van der Waals surface area contributed by atoms with Gasteiger partial charge >= 0.3 is 12.0 Å². The van der Waals surface area contributed by atoms with Crippen LogP contribution in [0.4, 0.5) is 16.2 Å². The number of methoxy groups -OCH3 is 3. The van der Waals surface area contributed by atoms with Crippen LogP contribution in [-0.2, 0) is 4.74 Å². The molecular formula is C17H18N2O5. The molecule has 2 amide bonds. The van der Waals surface area contributed by atoms with Crippen molar-refractivity contribution in [2.45, 2.75) is 0 Å². The smallest absolute Gasteiger partial charge is 0.337 e. The second kappa shape index (κ2) is 7.87. The zero-order chi connectivity index (χ0) is 17.5. The molecule has 0 bridgehead atoms. The van der Waals surface area contributed by atoms with Gasteiger partial charge in [-0.2, -0.15) is 0 Å². The van der Waals surface area contributed by atoms with E-state index in [1.54, 1.807) is 36.4 Å². The highest BCUT2D eigenvalue weighted by atomic mass is 16.5. The summed E-state index contributed by atoms with van der Waals surface area (Å²) in [6.07, 6.45) is 0. The molecule has 0 aliphatic heterocycles. The highest BCUT2D eigenvalue weighted by Gasteiger charge is 2.13. The van der Waals surface area contributed by atoms with Crippen molar-refractivity contribution < 1.29 is 23.8 Å². The van der Waals surface area contributed by atoms with E-state index in [2.05, 4.69) is 15.4 Å². The van der Waals surface area contributed by atoms with Crippen molar-refractivity contribution in [2.75, 3.05) is 32.0 Å². The van der Waals surface area contributed by atoms with E-state index in [0.717, 1.165) is 0 Å². The van der Waals surface area contributed by atoms with Crippen LogP contribution in [0.15, 0.2) is 42.5 Å². The van der Waals surface area contributed by atoms with E-state index in [4.69, 9.17) is 9.47 Å². The topological polar surface area (TPSA) is 85.9 Å². The molecule has 0 radical (unpaired) electrons. The fraction of sp³-hybridized carbons (Fsp3) is 0.176. The number of anilines is 2. The predicted octanol–water partition coefficient (Wildman–Crippen LogP) is 3.13. The quantitative estimate of drug-likeness (QED) is 0.823. The normalized spacial score (nSPS) is 9.79. The molecule has 2 aromatic rings. The van der Waals surface area contributed by atoms with Gasteiger partial charge in [0.2, 0.25) is 0 Å². The van der Waals surface area contributed by atoms with Crippen LogP contribution in [0, 0.1) is 0 Å². The summed E-state index contributed by atoms with van der Waals surface area (Å²) < 4.78 is 15.0. The van der Waals surface area contributed by atoms with E-state index in [1.165, 1.54) is 27.4 Å². The summed E-state index contributed by atoms with van der Waals surface area (Å²) in [5.41, 5.74) is 1.15. The van der Waals surface area contributed by atoms with Crippen molar-refractivity contribution in [3.05, 3.63) is 48.0 Å². The number of rotatable bonds is 5. The predicted molar refractivity (Wildman–Crippen MR) is 90.0 cm³/mol. The van der Waals surface area contributed by atoms with Gasteiger partial charge in [0.25, 0.3) is 0 Å². The number of urea groups is 1. The number of ether oxygens (including phenoxy) is 3. The lowest BCUT2D eigenvalue weighted by Gasteiger charge is -2.13. The Hall–Kier alpha value is -3.22. The first-order valence-corrected chi connectivity index (χ1v) is 7.06. The van der Waals surface area contributed by atoms with Crippen LogP contribution in [0.2, 0.25) is 0 Å². The van der Waals surface area contributed by atoms with Gasteiger partial charge in [-0.25, -0.2) is 9.59 Å². The first-order chi connectivity index (χ1) is 11.6. The maximum atomic E-state index is 12.2. The maximum absolute atomic E-state index is 12.2. The summed E-state index contributed by atoms with van der Waals surface area (Å²) in [5, 5.41) is 5.32. The first kappa shape index (κ1) is 17.1. The molecule has 2 rings (SSSR count). The molecule has 0 saturated carbocycles. The molecular weight excluding hydrogens is 312 g/mol. The molecule has 0 spiro atoms. The highest BCUT2D eigenvalue weighted by molar-refractivity contribution is 6.02. The van der Waals surface area contributed by atoms with E-state index in [0.29, 0.717) is 28.4 Å². The van der Waals surface area contributed by atoms with Crippen LogP contribution in [0.25, 0.3) is 0 Å². The summed E-state index contributed by atoms with van der Waals surface area (Å²) in [6, 6.07) is 11.1. The van der Waals surface area contributed by atoms with E-state index in [9.17, 15) is 9.59 Å². The van der Waals surface area contributed by atoms with Crippen molar-refractivity contribution in [1.29, 1.82) is 0 Å². The lowest BCUT2D eigenvalue weighted by Crippen LogP contribution is -2.20. The van der Waals surface area contributed by atoms with Gasteiger partial charge in [-0.1, -0.05) is 12.1 Å². The molecule has 0 fully saturated rings. The Bertz CT molecular complexity index is 746. The third kappa shape index (κ3) is 3.95. The second-order valence-electron chi connectivity index (χ2n) is 4.69. The summed E-state index contributed by atoms with van der Waals surface area (Å²) in [5.74, 6) is 0.437. The van der Waals surface area contributed by atoms with E-state index >= 15 is 0 Å². The number of hydrogen-bond acceptors (Lipinski definition) is 5. The van der Waals surface area contributed by atoms with E-state index in [-0.39, 0.29) is 0 Å². The zero-order valence-corrected chi connectivity index (χ0v) is 13.6. The Morgan fingerprint density at radius 3 is 2.12 bits per heavy atom. The minimum absolute atomic E-state index is 0.297. The summed E-state index contributed by atoms with van der Waals surface area (Å²) >= 11 is 0. The minimum atomic E-state index is -0.508. The van der Waals surface area contributed by atoms with Crippen molar-refractivity contribution >= 4 is 23.4 Å². The summed E-state index contributed by atoms with van der Waals surface area (Å²) in [6.45, 7) is 0. The fourth-order valence-corrected chi connectivity index (χ4v) is 2.07. The standard InChI is InChI=1S/C17H18N2O5/c1-22-14-7-5-4-6-12(14)18-17(21)19-13-10-11(16(20)24-3)8-9-15(13)23-2/h4-10H,1-3H3,(H2,18,19,21). The molecule has 2 N–H and O–H groups in total. The van der Waals surface area contributed by atoms with Gasteiger partial charge in [0.1, 0.15) is 11.5 Å². The van der Waals surface area contributed by atoms with Crippen LogP contribution >= 0.6 is 0 Å². The molecule has 0 saturated heterocycles. The molecule has 24 heavy (non-hydrogen) atoms. The summed E-state index contributed by atoms with van der Waals surface area (Å²) in [4.78, 5) is 23.8. The van der Waals surface area contributed by atoms with Crippen LogP contribution in [0.5, 0.6) is 11.5 Å².